The SMILES string of the molecule is CCn1cnnc1CNCc1cccc(F)c1Cl. The van der Waals surface area contributed by atoms with Crippen LogP contribution in [-0.4, -0.2) is 14.8 Å². The van der Waals surface area contributed by atoms with Crippen LogP contribution in [0.3, 0.4) is 0 Å². The molecule has 0 saturated heterocycles. The molecule has 18 heavy (non-hydrogen) atoms. The molecule has 1 heterocycles. The maximum absolute atomic E-state index is 13.2. The zero-order valence-electron chi connectivity index (χ0n) is 10.0. The molecule has 0 unspecified atom stereocenters. The molecular weight excluding hydrogens is 255 g/mol. The zero-order chi connectivity index (χ0) is 13.0. The standard InChI is InChI=1S/C12H14ClFN4/c1-2-18-8-16-17-11(18)7-15-6-9-4-3-5-10(14)12(9)13/h3-5,8,15H,2,6-7H2,1H3. The van der Waals surface area contributed by atoms with E-state index in [0.717, 1.165) is 17.9 Å². The Kier molecular flexibility index (Phi) is 4.28. The number of hydrogen-bond acceptors (Lipinski definition) is 3. The Balaban J connectivity index is 1.94. The highest BCUT2D eigenvalue weighted by atomic mass is 35.5. The van der Waals surface area contributed by atoms with Crippen LogP contribution in [0, 0.1) is 5.82 Å². The molecule has 0 atom stereocenters. The van der Waals surface area contributed by atoms with Crippen LogP contribution in [0.25, 0.3) is 0 Å². The van der Waals surface area contributed by atoms with Gasteiger partial charge in [-0.2, -0.15) is 0 Å². The number of aromatic nitrogens is 3. The van der Waals surface area contributed by atoms with Gasteiger partial charge < -0.3 is 9.88 Å². The van der Waals surface area contributed by atoms with Gasteiger partial charge in [0.1, 0.15) is 18.0 Å². The highest BCUT2D eigenvalue weighted by Gasteiger charge is 2.06. The first-order valence-corrected chi connectivity index (χ1v) is 6.10. The molecule has 96 valence electrons. The molecule has 0 aliphatic rings. The Morgan fingerprint density at radius 3 is 3.00 bits per heavy atom. The van der Waals surface area contributed by atoms with Crippen LogP contribution >= 0.6 is 11.6 Å². The van der Waals surface area contributed by atoms with E-state index in [1.54, 1.807) is 18.5 Å². The van der Waals surface area contributed by atoms with Gasteiger partial charge >= 0.3 is 0 Å². The normalized spacial score (nSPS) is 10.8. The molecule has 2 aromatic rings. The van der Waals surface area contributed by atoms with Crippen molar-refractivity contribution in [1.82, 2.24) is 20.1 Å². The molecule has 0 spiro atoms. The molecule has 0 radical (unpaired) electrons. The number of nitrogens with one attached hydrogen (secondary N) is 1. The fourth-order valence-corrected chi connectivity index (χ4v) is 1.87. The molecule has 0 bridgehead atoms. The van der Waals surface area contributed by atoms with E-state index in [4.69, 9.17) is 11.6 Å². The second-order valence-corrected chi connectivity index (χ2v) is 4.23. The van der Waals surface area contributed by atoms with Crippen molar-refractivity contribution in [3.8, 4) is 0 Å². The van der Waals surface area contributed by atoms with Crippen LogP contribution in [0.2, 0.25) is 5.02 Å². The van der Waals surface area contributed by atoms with Crippen LogP contribution in [0.1, 0.15) is 18.3 Å². The minimum absolute atomic E-state index is 0.168. The number of nitrogens with zero attached hydrogens (tertiary/aromatic N) is 3. The number of hydrogen-bond donors (Lipinski definition) is 1. The maximum Gasteiger partial charge on any atom is 0.146 e. The summed E-state index contributed by atoms with van der Waals surface area (Å²) in [6, 6.07) is 4.79. The average molecular weight is 269 g/mol. The van der Waals surface area contributed by atoms with Gasteiger partial charge in [-0.1, -0.05) is 23.7 Å². The van der Waals surface area contributed by atoms with E-state index in [1.807, 2.05) is 11.5 Å². The lowest BCUT2D eigenvalue weighted by molar-refractivity contribution is 0.602. The molecule has 6 heteroatoms. The van der Waals surface area contributed by atoms with Crippen LogP contribution in [0.4, 0.5) is 4.39 Å². The van der Waals surface area contributed by atoms with Gasteiger partial charge in [0.25, 0.3) is 0 Å². The van der Waals surface area contributed by atoms with Gasteiger partial charge in [-0.25, -0.2) is 4.39 Å². The minimum Gasteiger partial charge on any atom is -0.317 e. The Bertz CT molecular complexity index is 527. The van der Waals surface area contributed by atoms with E-state index >= 15 is 0 Å². The molecule has 0 aliphatic carbocycles. The Labute approximate surface area is 110 Å². The lowest BCUT2D eigenvalue weighted by atomic mass is 10.2. The van der Waals surface area contributed by atoms with Crippen molar-refractivity contribution in [2.24, 2.45) is 0 Å². The zero-order valence-corrected chi connectivity index (χ0v) is 10.8. The summed E-state index contributed by atoms with van der Waals surface area (Å²) in [6.45, 7) is 3.91. The Morgan fingerprint density at radius 1 is 1.39 bits per heavy atom. The van der Waals surface area contributed by atoms with E-state index in [0.29, 0.717) is 13.1 Å². The van der Waals surface area contributed by atoms with E-state index < -0.39 is 5.82 Å². The number of benzene rings is 1. The molecule has 4 nitrogen and oxygen atoms in total. The predicted molar refractivity (Wildman–Crippen MR) is 67.6 cm³/mol. The van der Waals surface area contributed by atoms with Crippen molar-refractivity contribution >= 4 is 11.6 Å². The van der Waals surface area contributed by atoms with Crippen molar-refractivity contribution in [3.05, 3.63) is 46.8 Å². The molecule has 0 amide bonds. The van der Waals surface area contributed by atoms with Crippen LogP contribution < -0.4 is 5.32 Å². The van der Waals surface area contributed by atoms with E-state index in [1.165, 1.54) is 6.07 Å². The summed E-state index contributed by atoms with van der Waals surface area (Å²) in [5.74, 6) is 0.456. The molecular formula is C12H14ClFN4. The third-order valence-corrected chi connectivity index (χ3v) is 3.09. The molecule has 0 fully saturated rings. The quantitative estimate of drug-likeness (QED) is 0.905. The summed E-state index contributed by atoms with van der Waals surface area (Å²) in [4.78, 5) is 0. The lowest BCUT2D eigenvalue weighted by Gasteiger charge is -2.07. The van der Waals surface area contributed by atoms with Gasteiger partial charge in [0.05, 0.1) is 11.6 Å². The molecule has 1 aromatic heterocycles. The number of rotatable bonds is 5. The lowest BCUT2D eigenvalue weighted by Crippen LogP contribution is -2.16. The first kappa shape index (κ1) is 13.0. The second kappa shape index (κ2) is 5.93. The van der Waals surface area contributed by atoms with Crippen LogP contribution in [-0.2, 0) is 19.6 Å². The summed E-state index contributed by atoms with van der Waals surface area (Å²) in [5, 5.41) is 11.2. The van der Waals surface area contributed by atoms with Gasteiger partial charge in [-0.15, -0.1) is 10.2 Å². The monoisotopic (exact) mass is 268 g/mol. The summed E-state index contributed by atoms with van der Waals surface area (Å²) in [7, 11) is 0. The summed E-state index contributed by atoms with van der Waals surface area (Å²) in [5.41, 5.74) is 0.735. The van der Waals surface area contributed by atoms with Gasteiger partial charge in [-0.05, 0) is 18.6 Å². The summed E-state index contributed by atoms with van der Waals surface area (Å²) < 4.78 is 15.2. The topological polar surface area (TPSA) is 42.7 Å². The van der Waals surface area contributed by atoms with Gasteiger partial charge in [-0.3, -0.25) is 0 Å². The first-order chi connectivity index (χ1) is 8.72. The number of halogens is 2. The largest absolute Gasteiger partial charge is 0.317 e. The fraction of sp³-hybridized carbons (Fsp3) is 0.333. The first-order valence-electron chi connectivity index (χ1n) is 5.72. The second-order valence-electron chi connectivity index (χ2n) is 3.85. The Hall–Kier alpha value is -1.46. The predicted octanol–water partition coefficient (Wildman–Crippen LogP) is 2.38. The summed E-state index contributed by atoms with van der Waals surface area (Å²) >= 11 is 5.86. The van der Waals surface area contributed by atoms with E-state index in [9.17, 15) is 4.39 Å². The molecule has 0 saturated carbocycles. The highest BCUT2D eigenvalue weighted by Crippen LogP contribution is 2.19. The van der Waals surface area contributed by atoms with Crippen molar-refractivity contribution in [2.75, 3.05) is 0 Å². The maximum atomic E-state index is 13.2. The highest BCUT2D eigenvalue weighted by molar-refractivity contribution is 6.31. The summed E-state index contributed by atoms with van der Waals surface area (Å²) in [6.07, 6.45) is 1.69. The van der Waals surface area contributed by atoms with Crippen LogP contribution in [0.5, 0.6) is 0 Å². The molecule has 2 rings (SSSR count). The minimum atomic E-state index is -0.396. The number of aryl methyl sites for hydroxylation is 1. The molecule has 1 aromatic carbocycles. The third kappa shape index (κ3) is 2.86. The van der Waals surface area contributed by atoms with Gasteiger partial charge in [0, 0.05) is 13.1 Å². The van der Waals surface area contributed by atoms with Crippen molar-refractivity contribution in [2.45, 2.75) is 26.6 Å². The third-order valence-electron chi connectivity index (χ3n) is 2.67. The molecule has 1 N–H and O–H groups in total. The van der Waals surface area contributed by atoms with Crippen molar-refractivity contribution in [1.29, 1.82) is 0 Å². The fourth-order valence-electron chi connectivity index (χ4n) is 1.67. The average Bonchev–Trinajstić information content (AvgIpc) is 2.82. The van der Waals surface area contributed by atoms with Crippen molar-refractivity contribution in [3.63, 3.8) is 0 Å². The van der Waals surface area contributed by atoms with E-state index in [-0.39, 0.29) is 5.02 Å². The van der Waals surface area contributed by atoms with Gasteiger partial charge in [0.15, 0.2) is 0 Å². The molecule has 0 aliphatic heterocycles. The van der Waals surface area contributed by atoms with E-state index in [2.05, 4.69) is 15.5 Å². The Morgan fingerprint density at radius 2 is 2.22 bits per heavy atom. The van der Waals surface area contributed by atoms with Gasteiger partial charge in [0.2, 0.25) is 0 Å². The van der Waals surface area contributed by atoms with Crippen LogP contribution in [0.15, 0.2) is 24.5 Å². The smallest absolute Gasteiger partial charge is 0.146 e. The van der Waals surface area contributed by atoms with Crippen molar-refractivity contribution < 1.29 is 4.39 Å².